The summed E-state index contributed by atoms with van der Waals surface area (Å²) in [5, 5.41) is 9.22. The minimum absolute atomic E-state index is 0.172. The van der Waals surface area contributed by atoms with E-state index in [4.69, 9.17) is 0 Å². The highest BCUT2D eigenvalue weighted by Gasteiger charge is 2.15. The van der Waals surface area contributed by atoms with Gasteiger partial charge in [0.2, 0.25) is 0 Å². The summed E-state index contributed by atoms with van der Waals surface area (Å²) in [5.74, 6) is -0.172. The molecular formula is C27H26N4O2S. The minimum Gasteiger partial charge on any atom is -0.322 e. The van der Waals surface area contributed by atoms with E-state index < -0.39 is 0 Å². The van der Waals surface area contributed by atoms with Gasteiger partial charge in [-0.2, -0.15) is 0 Å². The largest absolute Gasteiger partial charge is 0.325 e. The summed E-state index contributed by atoms with van der Waals surface area (Å²) in [6, 6.07) is 15.2. The van der Waals surface area contributed by atoms with Crippen molar-refractivity contribution in [1.29, 1.82) is 0 Å². The Hall–Kier alpha value is -3.71. The second kappa shape index (κ2) is 8.91. The Balaban J connectivity index is 1.29. The number of carbonyl (C=O) groups is 2. The number of thiazole rings is 1. The van der Waals surface area contributed by atoms with Gasteiger partial charge in [0.05, 0.1) is 10.2 Å². The summed E-state index contributed by atoms with van der Waals surface area (Å²) >= 11 is 1.34. The van der Waals surface area contributed by atoms with Crippen molar-refractivity contribution < 1.29 is 9.59 Å². The molecule has 0 saturated heterocycles. The summed E-state index contributed by atoms with van der Waals surface area (Å²) in [4.78, 5) is 29.9. The Kier molecular flexibility index (Phi) is 5.79. The smallest absolute Gasteiger partial charge is 0.322 e. The number of amides is 3. The van der Waals surface area contributed by atoms with Crippen LogP contribution in [0, 0.1) is 20.8 Å². The molecule has 1 aromatic heterocycles. The number of fused-ring (bicyclic) bond motifs is 2. The maximum Gasteiger partial charge on any atom is 0.325 e. The Morgan fingerprint density at radius 2 is 1.62 bits per heavy atom. The molecule has 5 rings (SSSR count). The van der Waals surface area contributed by atoms with E-state index in [1.807, 2.05) is 39.0 Å². The summed E-state index contributed by atoms with van der Waals surface area (Å²) < 4.78 is 0.831. The number of rotatable bonds is 4. The molecule has 0 atom stereocenters. The molecule has 6 nitrogen and oxygen atoms in total. The molecule has 3 N–H and O–H groups in total. The van der Waals surface area contributed by atoms with Crippen molar-refractivity contribution in [2.24, 2.45) is 0 Å². The fourth-order valence-electron chi connectivity index (χ4n) is 4.59. The Morgan fingerprint density at radius 1 is 0.853 bits per heavy atom. The maximum atomic E-state index is 12.9. The molecule has 172 valence electrons. The van der Waals surface area contributed by atoms with Gasteiger partial charge in [-0.3, -0.25) is 10.1 Å². The molecule has 1 heterocycles. The molecule has 4 aromatic rings. The van der Waals surface area contributed by atoms with E-state index in [1.165, 1.54) is 34.4 Å². The lowest BCUT2D eigenvalue weighted by Crippen LogP contribution is -2.19. The number of hydrogen-bond donors (Lipinski definition) is 3. The van der Waals surface area contributed by atoms with Gasteiger partial charge in [0, 0.05) is 16.9 Å². The van der Waals surface area contributed by atoms with Crippen molar-refractivity contribution in [2.75, 3.05) is 16.0 Å². The van der Waals surface area contributed by atoms with E-state index in [9.17, 15) is 9.59 Å². The molecule has 0 radical (unpaired) electrons. The minimum atomic E-state index is -0.333. The van der Waals surface area contributed by atoms with Crippen LogP contribution in [0.15, 0.2) is 48.5 Å². The number of nitrogens with zero attached hydrogens (tertiary/aromatic N) is 1. The molecule has 0 fully saturated rings. The highest BCUT2D eigenvalue weighted by molar-refractivity contribution is 7.22. The molecule has 0 bridgehead atoms. The van der Waals surface area contributed by atoms with E-state index in [1.54, 1.807) is 12.1 Å². The first-order valence-electron chi connectivity index (χ1n) is 11.4. The van der Waals surface area contributed by atoms with Crippen LogP contribution < -0.4 is 16.0 Å². The highest BCUT2D eigenvalue weighted by Crippen LogP contribution is 2.29. The van der Waals surface area contributed by atoms with Crippen LogP contribution in [0.5, 0.6) is 0 Å². The molecule has 3 aromatic carbocycles. The monoisotopic (exact) mass is 470 g/mol. The predicted molar refractivity (Wildman–Crippen MR) is 139 cm³/mol. The first-order valence-corrected chi connectivity index (χ1v) is 12.2. The normalized spacial score (nSPS) is 12.4. The Bertz CT molecular complexity index is 1420. The lowest BCUT2D eigenvalue weighted by molar-refractivity contribution is 0.102. The molecule has 3 amide bonds. The third-order valence-electron chi connectivity index (χ3n) is 6.14. The molecule has 1 aliphatic rings. The van der Waals surface area contributed by atoms with Gasteiger partial charge >= 0.3 is 6.03 Å². The molecule has 0 unspecified atom stereocenters. The van der Waals surface area contributed by atoms with Gasteiger partial charge in [-0.15, -0.1) is 0 Å². The third kappa shape index (κ3) is 4.52. The molecule has 0 aliphatic heterocycles. The summed E-state index contributed by atoms with van der Waals surface area (Å²) in [7, 11) is 0. The summed E-state index contributed by atoms with van der Waals surface area (Å²) in [5.41, 5.74) is 8.80. The van der Waals surface area contributed by atoms with Gasteiger partial charge < -0.3 is 10.6 Å². The Morgan fingerprint density at radius 3 is 2.41 bits per heavy atom. The Labute approximate surface area is 202 Å². The molecular weight excluding hydrogens is 444 g/mol. The van der Waals surface area contributed by atoms with E-state index in [2.05, 4.69) is 39.1 Å². The van der Waals surface area contributed by atoms with Crippen molar-refractivity contribution in [3.05, 3.63) is 81.9 Å². The number of carbonyl (C=O) groups excluding carboxylic acids is 2. The van der Waals surface area contributed by atoms with Crippen molar-refractivity contribution in [3.63, 3.8) is 0 Å². The predicted octanol–water partition coefficient (Wildman–Crippen LogP) is 6.61. The lowest BCUT2D eigenvalue weighted by atomic mass is 10.0. The zero-order valence-electron chi connectivity index (χ0n) is 19.4. The average Bonchev–Trinajstić information content (AvgIpc) is 3.41. The van der Waals surface area contributed by atoms with Crippen LogP contribution in [0.25, 0.3) is 10.2 Å². The topological polar surface area (TPSA) is 83.1 Å². The van der Waals surface area contributed by atoms with Gasteiger partial charge in [0.15, 0.2) is 5.13 Å². The second-order valence-electron chi connectivity index (χ2n) is 8.85. The van der Waals surface area contributed by atoms with Crippen LogP contribution in [0.1, 0.15) is 44.6 Å². The quantitative estimate of drug-likeness (QED) is 0.314. The van der Waals surface area contributed by atoms with E-state index >= 15 is 0 Å². The summed E-state index contributed by atoms with van der Waals surface area (Å²) in [6.07, 6.45) is 3.34. The third-order valence-corrected chi connectivity index (χ3v) is 7.08. The molecule has 0 saturated carbocycles. The van der Waals surface area contributed by atoms with Gasteiger partial charge in [0.25, 0.3) is 5.91 Å². The number of anilines is 3. The molecule has 7 heteroatoms. The van der Waals surface area contributed by atoms with Gasteiger partial charge in [-0.25, -0.2) is 9.78 Å². The number of aromatic nitrogens is 1. The van der Waals surface area contributed by atoms with Crippen molar-refractivity contribution >= 4 is 50.0 Å². The number of urea groups is 1. The maximum absolute atomic E-state index is 12.9. The first kappa shape index (κ1) is 22.1. The van der Waals surface area contributed by atoms with Crippen LogP contribution in [0.4, 0.5) is 21.3 Å². The fourth-order valence-corrected chi connectivity index (χ4v) is 5.49. The van der Waals surface area contributed by atoms with Crippen LogP contribution in [0.3, 0.4) is 0 Å². The zero-order chi connectivity index (χ0) is 23.8. The van der Waals surface area contributed by atoms with Crippen LogP contribution in [0.2, 0.25) is 0 Å². The van der Waals surface area contributed by atoms with E-state index in [0.717, 1.165) is 45.6 Å². The van der Waals surface area contributed by atoms with Crippen molar-refractivity contribution in [1.82, 2.24) is 4.98 Å². The van der Waals surface area contributed by atoms with Crippen LogP contribution >= 0.6 is 11.3 Å². The van der Waals surface area contributed by atoms with E-state index in [-0.39, 0.29) is 11.9 Å². The average molecular weight is 471 g/mol. The second-order valence-corrected chi connectivity index (χ2v) is 9.88. The highest BCUT2D eigenvalue weighted by atomic mass is 32.1. The van der Waals surface area contributed by atoms with Crippen LogP contribution in [-0.4, -0.2) is 16.9 Å². The van der Waals surface area contributed by atoms with Gasteiger partial charge in [-0.05, 0) is 92.6 Å². The van der Waals surface area contributed by atoms with Gasteiger partial charge in [-0.1, -0.05) is 35.1 Å². The van der Waals surface area contributed by atoms with E-state index in [0.29, 0.717) is 10.7 Å². The number of nitrogens with one attached hydrogen (secondary N) is 3. The van der Waals surface area contributed by atoms with Crippen molar-refractivity contribution in [3.8, 4) is 0 Å². The van der Waals surface area contributed by atoms with Crippen molar-refractivity contribution in [2.45, 2.75) is 40.0 Å². The lowest BCUT2D eigenvalue weighted by Gasteiger charge is -2.12. The first-order chi connectivity index (χ1) is 16.4. The zero-order valence-corrected chi connectivity index (χ0v) is 20.2. The number of aryl methyl sites for hydroxylation is 5. The number of benzene rings is 3. The summed E-state index contributed by atoms with van der Waals surface area (Å²) in [6.45, 7) is 6.03. The molecule has 1 aliphatic carbocycles. The fraction of sp³-hybridized carbons (Fsp3) is 0.222. The number of hydrogen-bond acceptors (Lipinski definition) is 4. The molecule has 0 spiro atoms. The van der Waals surface area contributed by atoms with Gasteiger partial charge in [0.1, 0.15) is 0 Å². The van der Waals surface area contributed by atoms with Crippen LogP contribution in [-0.2, 0) is 12.8 Å². The SMILES string of the molecule is Cc1cc(C)c(NC(=O)c2ccc3nc(NC(=O)Nc4ccc5c(c4)CCC5)sc3c2)c(C)c1. The standard InChI is InChI=1S/C27H26N4O2S/c1-15-11-16(2)24(17(3)12-15)30-25(32)20-8-10-22-23(14-20)34-27(29-22)31-26(33)28-21-9-7-18-5-4-6-19(18)13-21/h7-14H,4-6H2,1-3H3,(H,30,32)(H2,28,29,31,33). The molecule has 34 heavy (non-hydrogen) atoms.